The van der Waals surface area contributed by atoms with E-state index in [2.05, 4.69) is 0 Å². The van der Waals surface area contributed by atoms with Crippen molar-refractivity contribution in [3.8, 4) is 0 Å². The third-order valence-corrected chi connectivity index (χ3v) is 6.58. The molecule has 4 atom stereocenters. The molecule has 2 fully saturated rings. The highest BCUT2D eigenvalue weighted by molar-refractivity contribution is 8.00. The van der Waals surface area contributed by atoms with Crippen molar-refractivity contribution in [1.82, 2.24) is 4.90 Å². The fraction of sp³-hybridized carbons (Fsp3) is 0.318. The number of fused-ring (bicyclic) bond motifs is 1. The van der Waals surface area contributed by atoms with E-state index in [1.165, 1.54) is 23.6 Å². The average molecular weight is 426 g/mol. The van der Waals surface area contributed by atoms with Gasteiger partial charge in [0.25, 0.3) is 0 Å². The van der Waals surface area contributed by atoms with Crippen LogP contribution in [-0.4, -0.2) is 52.1 Å². The Morgan fingerprint density at radius 1 is 1.07 bits per heavy atom. The zero-order valence-electron chi connectivity index (χ0n) is 16.3. The molecule has 0 spiro atoms. The Balaban J connectivity index is 1.64. The lowest BCUT2D eigenvalue weighted by Crippen LogP contribution is -2.75. The standard InChI is InChI=1S/C22H22N2O5S/c1-13(25)28-16-12-30-21-17(23)20(26)24(21)18(16)22(27)29-19(14-8-4-2-5-9-14)15-10-6-3-7-11-15/h2-11,16-19,21H,12,23H2,1H3/t16?,17-,18?,21+/m1/s1. The molecule has 2 saturated heterocycles. The summed E-state index contributed by atoms with van der Waals surface area (Å²) in [7, 11) is 0. The number of ether oxygens (including phenoxy) is 2. The van der Waals surface area contributed by atoms with Gasteiger partial charge in [0.05, 0.1) is 0 Å². The highest BCUT2D eigenvalue weighted by Crippen LogP contribution is 2.39. The summed E-state index contributed by atoms with van der Waals surface area (Å²) in [6.07, 6.45) is -1.45. The van der Waals surface area contributed by atoms with Crippen LogP contribution in [0.25, 0.3) is 0 Å². The van der Waals surface area contributed by atoms with Crippen LogP contribution in [-0.2, 0) is 23.9 Å². The van der Waals surface area contributed by atoms with Gasteiger partial charge in [0.2, 0.25) is 5.91 Å². The zero-order chi connectivity index (χ0) is 21.3. The molecule has 2 N–H and O–H groups in total. The van der Waals surface area contributed by atoms with Crippen LogP contribution in [0.3, 0.4) is 0 Å². The summed E-state index contributed by atoms with van der Waals surface area (Å²) in [5.41, 5.74) is 7.50. The molecule has 0 aromatic heterocycles. The summed E-state index contributed by atoms with van der Waals surface area (Å²) < 4.78 is 11.3. The van der Waals surface area contributed by atoms with Gasteiger partial charge in [-0.25, -0.2) is 4.79 Å². The van der Waals surface area contributed by atoms with E-state index in [0.717, 1.165) is 11.1 Å². The highest BCUT2D eigenvalue weighted by Gasteiger charge is 2.57. The van der Waals surface area contributed by atoms with Crippen LogP contribution in [0, 0.1) is 0 Å². The van der Waals surface area contributed by atoms with E-state index >= 15 is 0 Å². The lowest BCUT2D eigenvalue weighted by atomic mass is 9.99. The third kappa shape index (κ3) is 3.80. The Hall–Kier alpha value is -2.84. The van der Waals surface area contributed by atoms with Gasteiger partial charge < -0.3 is 20.1 Å². The molecule has 30 heavy (non-hydrogen) atoms. The largest absolute Gasteiger partial charge is 0.459 e. The lowest BCUT2D eigenvalue weighted by molar-refractivity contribution is -0.177. The Morgan fingerprint density at radius 3 is 2.17 bits per heavy atom. The van der Waals surface area contributed by atoms with Crippen LogP contribution in [0.4, 0.5) is 0 Å². The van der Waals surface area contributed by atoms with Crippen molar-refractivity contribution < 1.29 is 23.9 Å². The summed E-state index contributed by atoms with van der Waals surface area (Å²) >= 11 is 1.40. The molecule has 8 heteroatoms. The van der Waals surface area contributed by atoms with Gasteiger partial charge in [-0.05, 0) is 11.1 Å². The smallest absolute Gasteiger partial charge is 0.333 e. The number of β-lactam (4-membered cyclic amide) rings is 1. The number of hydrogen-bond donors (Lipinski definition) is 1. The van der Waals surface area contributed by atoms with Gasteiger partial charge in [0, 0.05) is 12.7 Å². The monoisotopic (exact) mass is 426 g/mol. The van der Waals surface area contributed by atoms with Crippen molar-refractivity contribution in [2.45, 2.75) is 36.6 Å². The van der Waals surface area contributed by atoms with E-state index in [4.69, 9.17) is 15.2 Å². The van der Waals surface area contributed by atoms with Crippen molar-refractivity contribution in [3.63, 3.8) is 0 Å². The second kappa shape index (κ2) is 8.49. The zero-order valence-corrected chi connectivity index (χ0v) is 17.2. The molecule has 0 saturated carbocycles. The summed E-state index contributed by atoms with van der Waals surface area (Å²) in [4.78, 5) is 38.7. The predicted molar refractivity (Wildman–Crippen MR) is 111 cm³/mol. The van der Waals surface area contributed by atoms with Crippen molar-refractivity contribution >= 4 is 29.6 Å². The van der Waals surface area contributed by atoms with E-state index in [9.17, 15) is 14.4 Å². The number of thioether (sulfide) groups is 1. The maximum Gasteiger partial charge on any atom is 0.333 e. The van der Waals surface area contributed by atoms with E-state index in [1.54, 1.807) is 0 Å². The molecule has 7 nitrogen and oxygen atoms in total. The molecule has 2 aliphatic rings. The first-order chi connectivity index (χ1) is 14.5. The number of nitrogens with two attached hydrogens (primary N) is 1. The van der Waals surface area contributed by atoms with Crippen LogP contribution in [0.15, 0.2) is 60.7 Å². The first-order valence-corrected chi connectivity index (χ1v) is 10.7. The normalized spacial score (nSPS) is 25.3. The summed E-state index contributed by atoms with van der Waals surface area (Å²) in [6.45, 7) is 1.28. The molecule has 2 aliphatic heterocycles. The fourth-order valence-electron chi connectivity index (χ4n) is 3.80. The molecule has 2 heterocycles. The van der Waals surface area contributed by atoms with Gasteiger partial charge in [0.15, 0.2) is 12.1 Å². The van der Waals surface area contributed by atoms with Crippen LogP contribution in [0.5, 0.6) is 0 Å². The maximum absolute atomic E-state index is 13.3. The van der Waals surface area contributed by atoms with Crippen molar-refractivity contribution in [2.75, 3.05) is 5.75 Å². The number of carbonyl (C=O) groups is 3. The molecular formula is C22H22N2O5S. The molecule has 2 unspecified atom stereocenters. The van der Waals surface area contributed by atoms with Crippen LogP contribution < -0.4 is 5.73 Å². The Morgan fingerprint density at radius 2 is 1.63 bits per heavy atom. The minimum atomic E-state index is -1.03. The van der Waals surface area contributed by atoms with E-state index in [1.807, 2.05) is 60.7 Å². The SMILES string of the molecule is CC(=O)OC1CS[C@H]2[C@H](N)C(=O)N2C1C(=O)OC(c1ccccc1)c1ccccc1. The maximum atomic E-state index is 13.3. The molecule has 2 aromatic rings. The Bertz CT molecular complexity index is 900. The first-order valence-electron chi connectivity index (χ1n) is 9.64. The number of rotatable bonds is 5. The second-order valence-corrected chi connectivity index (χ2v) is 8.38. The fourth-order valence-corrected chi connectivity index (χ4v) is 5.16. The Labute approximate surface area is 178 Å². The lowest BCUT2D eigenvalue weighted by Gasteiger charge is -2.52. The number of nitrogens with zero attached hydrogens (tertiary/aromatic N) is 1. The molecule has 1 amide bonds. The summed E-state index contributed by atoms with van der Waals surface area (Å²) in [5.74, 6) is -1.12. The number of hydrogen-bond acceptors (Lipinski definition) is 7. The minimum absolute atomic E-state index is 0.325. The summed E-state index contributed by atoms with van der Waals surface area (Å²) in [6, 6.07) is 17.0. The van der Waals surface area contributed by atoms with E-state index in [0.29, 0.717) is 5.75 Å². The Kier molecular flexibility index (Phi) is 5.78. The molecule has 4 rings (SSSR count). The van der Waals surface area contributed by atoms with Gasteiger partial charge in [-0.1, -0.05) is 60.7 Å². The van der Waals surface area contributed by atoms with Gasteiger partial charge in [-0.2, -0.15) is 0 Å². The molecular weight excluding hydrogens is 404 g/mol. The second-order valence-electron chi connectivity index (χ2n) is 7.23. The van der Waals surface area contributed by atoms with Gasteiger partial charge in [0.1, 0.15) is 17.5 Å². The van der Waals surface area contributed by atoms with Crippen molar-refractivity contribution in [1.29, 1.82) is 0 Å². The van der Waals surface area contributed by atoms with Gasteiger partial charge >= 0.3 is 11.9 Å². The third-order valence-electron chi connectivity index (χ3n) is 5.20. The van der Waals surface area contributed by atoms with Crippen molar-refractivity contribution in [3.05, 3.63) is 71.8 Å². The summed E-state index contributed by atoms with van der Waals surface area (Å²) in [5, 5.41) is -0.325. The number of benzene rings is 2. The predicted octanol–water partition coefficient (Wildman–Crippen LogP) is 1.86. The van der Waals surface area contributed by atoms with Gasteiger partial charge in [-0.15, -0.1) is 11.8 Å². The number of carbonyl (C=O) groups excluding carboxylic acids is 3. The van der Waals surface area contributed by atoms with Crippen LogP contribution in [0.1, 0.15) is 24.2 Å². The molecule has 0 aliphatic carbocycles. The quantitative estimate of drug-likeness (QED) is 0.575. The van der Waals surface area contributed by atoms with Crippen LogP contribution in [0.2, 0.25) is 0 Å². The van der Waals surface area contributed by atoms with Crippen LogP contribution >= 0.6 is 11.8 Å². The van der Waals surface area contributed by atoms with E-state index < -0.39 is 36.2 Å². The average Bonchev–Trinajstić information content (AvgIpc) is 2.77. The topological polar surface area (TPSA) is 98.9 Å². The molecule has 2 aromatic carbocycles. The highest BCUT2D eigenvalue weighted by atomic mass is 32.2. The number of esters is 2. The molecule has 156 valence electrons. The van der Waals surface area contributed by atoms with E-state index in [-0.39, 0.29) is 11.3 Å². The first kappa shape index (κ1) is 20.4. The molecule has 0 bridgehead atoms. The van der Waals surface area contributed by atoms with Gasteiger partial charge in [-0.3, -0.25) is 9.59 Å². The van der Waals surface area contributed by atoms with Crippen molar-refractivity contribution in [2.24, 2.45) is 5.73 Å². The molecule has 0 radical (unpaired) electrons. The minimum Gasteiger partial charge on any atom is -0.459 e. The number of amides is 1.